The number of cyclic esters (lactones) is 1. The van der Waals surface area contributed by atoms with E-state index in [-0.39, 0.29) is 34.0 Å². The van der Waals surface area contributed by atoms with Crippen LogP contribution in [0, 0.1) is 16.7 Å². The van der Waals surface area contributed by atoms with Gasteiger partial charge in [-0.1, -0.05) is 93.6 Å². The van der Waals surface area contributed by atoms with E-state index in [0.29, 0.717) is 31.2 Å². The van der Waals surface area contributed by atoms with Crippen molar-refractivity contribution in [3.8, 4) is 6.07 Å². The highest BCUT2D eigenvalue weighted by Crippen LogP contribution is 2.47. The Bertz CT molecular complexity index is 1850. The van der Waals surface area contributed by atoms with E-state index in [0.717, 1.165) is 11.1 Å². The molecule has 2 heterocycles. The summed E-state index contributed by atoms with van der Waals surface area (Å²) >= 11 is 0. The Morgan fingerprint density at radius 3 is 2.06 bits per heavy atom. The van der Waals surface area contributed by atoms with Gasteiger partial charge in [-0.3, -0.25) is 4.72 Å². The van der Waals surface area contributed by atoms with Gasteiger partial charge in [0, 0.05) is 24.2 Å². The van der Waals surface area contributed by atoms with Gasteiger partial charge >= 0.3 is 5.97 Å². The van der Waals surface area contributed by atoms with Gasteiger partial charge in [0.2, 0.25) is 0 Å². The van der Waals surface area contributed by atoms with Crippen molar-refractivity contribution in [2.75, 3.05) is 4.72 Å². The molecular weight excluding hydrogens is 611 g/mol. The van der Waals surface area contributed by atoms with Gasteiger partial charge in [-0.05, 0) is 72.1 Å². The first-order chi connectivity index (χ1) is 22.4. The van der Waals surface area contributed by atoms with Crippen molar-refractivity contribution in [1.29, 1.82) is 5.26 Å². The minimum atomic E-state index is -4.06. The van der Waals surface area contributed by atoms with Crippen LogP contribution in [0.3, 0.4) is 0 Å². The third kappa shape index (κ3) is 8.08. The lowest BCUT2D eigenvalue weighted by Crippen LogP contribution is -2.43. The van der Waals surface area contributed by atoms with Gasteiger partial charge in [0.25, 0.3) is 10.0 Å². The number of nitriles is 1. The summed E-state index contributed by atoms with van der Waals surface area (Å²) < 4.78 is 35.1. The molecule has 0 bridgehead atoms. The maximum atomic E-state index is 14.1. The summed E-state index contributed by atoms with van der Waals surface area (Å²) in [5.41, 5.74) is 2.14. The Morgan fingerprint density at radius 2 is 1.55 bits per heavy atom. The zero-order valence-electron chi connectivity index (χ0n) is 26.8. The number of ether oxygens (including phenoxy) is 1. The monoisotopic (exact) mass is 649 g/mol. The Balaban J connectivity index is 1.46. The van der Waals surface area contributed by atoms with Crippen molar-refractivity contribution in [2.24, 2.45) is 5.41 Å². The smallest absolute Gasteiger partial charge is 0.338 e. The lowest BCUT2D eigenvalue weighted by atomic mass is 9.70. The summed E-state index contributed by atoms with van der Waals surface area (Å²) in [5, 5.41) is 20.5. The van der Waals surface area contributed by atoms with Crippen molar-refractivity contribution >= 4 is 21.7 Å². The van der Waals surface area contributed by atoms with Crippen molar-refractivity contribution in [3.63, 3.8) is 0 Å². The number of nitrogens with zero attached hydrogens (tertiary/aromatic N) is 2. The summed E-state index contributed by atoms with van der Waals surface area (Å²) in [5.74, 6) is -1.17. The maximum Gasteiger partial charge on any atom is 0.338 e. The molecule has 0 spiro atoms. The van der Waals surface area contributed by atoms with Gasteiger partial charge < -0.3 is 9.84 Å². The molecule has 5 rings (SSSR count). The molecule has 1 aliphatic heterocycles. The van der Waals surface area contributed by atoms with E-state index in [9.17, 15) is 18.3 Å². The van der Waals surface area contributed by atoms with Crippen molar-refractivity contribution in [2.45, 2.75) is 69.4 Å². The highest BCUT2D eigenvalue weighted by Gasteiger charge is 2.46. The van der Waals surface area contributed by atoms with Gasteiger partial charge in [0.05, 0.1) is 11.1 Å². The SMILES string of the molecule is CC(C)(C)[C@H](C1=C(O)CC(CCc2ccccc2)(CCc2ccccc2)OC1=O)c1cccc(NS(=O)(=O)c2ccc(C#N)cn2)c1. The first-order valence-corrected chi connectivity index (χ1v) is 17.1. The fourth-order valence-electron chi connectivity index (χ4n) is 6.22. The normalized spacial score (nSPS) is 15.4. The van der Waals surface area contributed by atoms with Crippen molar-refractivity contribution in [3.05, 3.63) is 137 Å². The molecule has 0 saturated heterocycles. The van der Waals surface area contributed by atoms with Gasteiger partial charge in [-0.15, -0.1) is 0 Å². The topological polar surface area (TPSA) is 129 Å². The van der Waals surface area contributed by atoms with E-state index in [1.165, 1.54) is 18.3 Å². The van der Waals surface area contributed by atoms with E-state index in [4.69, 9.17) is 10.00 Å². The molecule has 0 fully saturated rings. The molecule has 1 atom stereocenters. The molecule has 1 aromatic heterocycles. The van der Waals surface area contributed by atoms with Gasteiger partial charge in [0.15, 0.2) is 5.03 Å². The number of carbonyl (C=O) groups excluding carboxylic acids is 1. The van der Waals surface area contributed by atoms with E-state index in [1.807, 2.05) is 93.6 Å². The lowest BCUT2D eigenvalue weighted by Gasteiger charge is -2.41. The number of aliphatic hydroxyl groups is 1. The van der Waals surface area contributed by atoms with E-state index in [1.54, 1.807) is 18.2 Å². The second kappa shape index (κ2) is 13.8. The molecule has 2 N–H and O–H groups in total. The number of nitrogens with one attached hydrogen (secondary N) is 1. The molecular formula is C38H39N3O5S. The van der Waals surface area contributed by atoms with Gasteiger partial charge in [-0.25, -0.2) is 9.78 Å². The highest BCUT2D eigenvalue weighted by atomic mass is 32.2. The summed E-state index contributed by atoms with van der Waals surface area (Å²) in [4.78, 5) is 18.0. The fraction of sp³-hybridized carbons (Fsp3) is 0.289. The molecule has 9 heteroatoms. The number of aromatic nitrogens is 1. The zero-order valence-corrected chi connectivity index (χ0v) is 27.6. The van der Waals surface area contributed by atoms with Gasteiger partial charge in [-0.2, -0.15) is 13.7 Å². The third-order valence-corrected chi connectivity index (χ3v) is 9.82. The first-order valence-electron chi connectivity index (χ1n) is 15.6. The molecule has 0 unspecified atom stereocenters. The molecule has 0 radical (unpaired) electrons. The molecule has 4 aromatic rings. The Labute approximate surface area is 276 Å². The van der Waals surface area contributed by atoms with E-state index >= 15 is 0 Å². The maximum absolute atomic E-state index is 14.1. The van der Waals surface area contributed by atoms with Crippen LogP contribution in [-0.2, 0) is 32.4 Å². The average molecular weight is 650 g/mol. The van der Waals surface area contributed by atoms with Crippen LogP contribution < -0.4 is 4.72 Å². The van der Waals surface area contributed by atoms with E-state index in [2.05, 4.69) is 9.71 Å². The Morgan fingerprint density at radius 1 is 0.936 bits per heavy atom. The van der Waals surface area contributed by atoms with Crippen LogP contribution in [0.25, 0.3) is 0 Å². The average Bonchev–Trinajstić information content (AvgIpc) is 3.05. The highest BCUT2D eigenvalue weighted by molar-refractivity contribution is 7.92. The number of sulfonamides is 1. The molecule has 8 nitrogen and oxygen atoms in total. The summed E-state index contributed by atoms with van der Waals surface area (Å²) in [7, 11) is -4.06. The van der Waals surface area contributed by atoms with Crippen molar-refractivity contribution in [1.82, 2.24) is 4.98 Å². The standard InChI is InChI=1S/C38H39N3O5S/c1-37(2,3)35(30-15-10-16-31(23-30)41-47(44,45)33-18-17-29(25-39)26-40-33)34-32(42)24-38(46-36(34)43,21-19-27-11-6-4-7-12-27)22-20-28-13-8-5-9-14-28/h4-18,23,26,35,41-42H,19-22,24H2,1-3H3/t35-/m0/s1. The van der Waals surface area contributed by atoms with Crippen LogP contribution >= 0.6 is 0 Å². The number of carbonyl (C=O) groups is 1. The lowest BCUT2D eigenvalue weighted by molar-refractivity contribution is -0.161. The largest absolute Gasteiger partial charge is 0.512 e. The Hall–Kier alpha value is -4.94. The molecule has 0 aliphatic carbocycles. The molecule has 47 heavy (non-hydrogen) atoms. The molecule has 0 saturated carbocycles. The molecule has 0 amide bonds. The van der Waals surface area contributed by atoms with Crippen LogP contribution in [0.1, 0.15) is 68.2 Å². The second-order valence-electron chi connectivity index (χ2n) is 13.1. The summed E-state index contributed by atoms with van der Waals surface area (Å²) in [6, 6.07) is 31.4. The summed E-state index contributed by atoms with van der Waals surface area (Å²) in [6.45, 7) is 5.90. The number of aryl methyl sites for hydroxylation is 2. The zero-order chi connectivity index (χ0) is 33.7. The summed E-state index contributed by atoms with van der Waals surface area (Å²) in [6.07, 6.45) is 3.85. The number of pyridine rings is 1. The minimum absolute atomic E-state index is 0.00457. The quantitative estimate of drug-likeness (QED) is 0.160. The molecule has 242 valence electrons. The molecule has 1 aliphatic rings. The number of esters is 1. The third-order valence-electron chi connectivity index (χ3n) is 8.52. The number of benzene rings is 3. The number of rotatable bonds is 11. The van der Waals surface area contributed by atoms with Crippen LogP contribution in [0.4, 0.5) is 5.69 Å². The van der Waals surface area contributed by atoms with Crippen LogP contribution in [0.2, 0.25) is 0 Å². The van der Waals surface area contributed by atoms with Crippen LogP contribution in [0.15, 0.2) is 120 Å². The minimum Gasteiger partial charge on any atom is -0.512 e. The second-order valence-corrected chi connectivity index (χ2v) is 14.7. The predicted octanol–water partition coefficient (Wildman–Crippen LogP) is 7.65. The fourth-order valence-corrected chi connectivity index (χ4v) is 7.20. The number of hydrogen-bond donors (Lipinski definition) is 2. The first kappa shape index (κ1) is 33.4. The number of aliphatic hydroxyl groups excluding tert-OH is 1. The van der Waals surface area contributed by atoms with E-state index < -0.39 is 32.9 Å². The van der Waals surface area contributed by atoms with Crippen LogP contribution in [0.5, 0.6) is 0 Å². The molecule has 3 aromatic carbocycles. The Kier molecular flexibility index (Phi) is 9.83. The van der Waals surface area contributed by atoms with Crippen LogP contribution in [-0.4, -0.2) is 30.1 Å². The van der Waals surface area contributed by atoms with Crippen molar-refractivity contribution < 1.29 is 23.1 Å². The van der Waals surface area contributed by atoms with Gasteiger partial charge in [0.1, 0.15) is 17.4 Å². The number of hydrogen-bond acceptors (Lipinski definition) is 7. The number of anilines is 1. The predicted molar refractivity (Wildman–Crippen MR) is 181 cm³/mol.